The maximum absolute atomic E-state index is 13.9. The van der Waals surface area contributed by atoms with Gasteiger partial charge in [0.2, 0.25) is 29.5 Å². The van der Waals surface area contributed by atoms with Crippen LogP contribution < -0.4 is 16.4 Å². The Hall–Kier alpha value is -6.33. The molecular weight excluding hydrogens is 767 g/mol. The van der Waals surface area contributed by atoms with Crippen LogP contribution in [0.25, 0.3) is 21.8 Å². The average molecular weight is 824 g/mol. The first-order valence-corrected chi connectivity index (χ1v) is 20.4. The number of nitrogens with one attached hydrogen (secondary N) is 5. The van der Waals surface area contributed by atoms with Gasteiger partial charge in [0.15, 0.2) is 0 Å². The van der Waals surface area contributed by atoms with Crippen molar-refractivity contribution in [1.82, 2.24) is 50.2 Å². The van der Waals surface area contributed by atoms with Crippen molar-refractivity contribution in [1.29, 1.82) is 0 Å². The number of rotatable bonds is 25. The Kier molecular flexibility index (Phi) is 17.0. The summed E-state index contributed by atoms with van der Waals surface area (Å²) in [6, 6.07) is 15.4. The molecule has 5 aromatic rings. The summed E-state index contributed by atoms with van der Waals surface area (Å²) in [5, 5.41) is 7.81. The largest absolute Gasteiger partial charge is 0.361 e. The minimum absolute atomic E-state index is 0.00332. The Labute approximate surface area is 349 Å². The molecule has 320 valence electrons. The minimum atomic E-state index is -0.586. The number of H-pyrrole nitrogens is 3. The SMILES string of the molecule is CC(C)N(CC=O)C(=O)CN(CCc1c[nH]c2ccccc12)C(=O)CNC(=O)CN(CCCN)C(=O)CN(CCc1c[nH]c2ccccc12)C(=O)CNCCc1ncc[nH]1. The van der Waals surface area contributed by atoms with E-state index >= 15 is 0 Å². The fourth-order valence-electron chi connectivity index (χ4n) is 7.01. The standard InChI is InChI=1S/C43H57N11O6/c1-31(2)54(22-23-55)43(60)30-53(21-14-33-25-49-37-11-6-4-9-35(33)37)41(58)27-50-39(56)28-51(19-7-15-44)42(59)29-52(40(57)26-45-16-12-38-46-17-18-47-38)20-13-32-24-48-36-10-5-3-8-34(32)36/h3-6,8-11,17-18,23-25,31,45,48-49H,7,12-16,19-22,26-30,44H2,1-2H3,(H,46,47)(H,50,56). The second-order valence-electron chi connectivity index (χ2n) is 14.9. The number of nitrogens with zero attached hydrogens (tertiary/aromatic N) is 5. The van der Waals surface area contributed by atoms with Crippen molar-refractivity contribution in [2.45, 2.75) is 45.6 Å². The molecule has 60 heavy (non-hydrogen) atoms. The molecule has 0 atom stereocenters. The van der Waals surface area contributed by atoms with E-state index in [0.29, 0.717) is 38.5 Å². The molecule has 0 fully saturated rings. The summed E-state index contributed by atoms with van der Waals surface area (Å²) in [4.78, 5) is 98.7. The van der Waals surface area contributed by atoms with E-state index in [4.69, 9.17) is 5.73 Å². The van der Waals surface area contributed by atoms with Crippen LogP contribution in [-0.4, -0.2) is 153 Å². The van der Waals surface area contributed by atoms with E-state index in [-0.39, 0.29) is 70.9 Å². The molecule has 0 saturated carbocycles. The molecule has 3 heterocycles. The lowest BCUT2D eigenvalue weighted by Crippen LogP contribution is -2.51. The molecule has 2 aromatic carbocycles. The average Bonchev–Trinajstić information content (AvgIpc) is 4.02. The van der Waals surface area contributed by atoms with Crippen molar-refractivity contribution in [3.8, 4) is 0 Å². The van der Waals surface area contributed by atoms with Gasteiger partial charge in [-0.1, -0.05) is 36.4 Å². The van der Waals surface area contributed by atoms with Gasteiger partial charge in [-0.15, -0.1) is 0 Å². The summed E-state index contributed by atoms with van der Waals surface area (Å²) in [6.07, 6.45) is 9.74. The van der Waals surface area contributed by atoms with Gasteiger partial charge in [-0.05, 0) is 62.9 Å². The van der Waals surface area contributed by atoms with E-state index in [2.05, 4.69) is 30.6 Å². The fourth-order valence-corrected chi connectivity index (χ4v) is 7.01. The number of amides is 5. The number of para-hydroxylation sites is 2. The van der Waals surface area contributed by atoms with Crippen LogP contribution in [0.2, 0.25) is 0 Å². The van der Waals surface area contributed by atoms with Crippen LogP contribution in [0.4, 0.5) is 0 Å². The highest BCUT2D eigenvalue weighted by atomic mass is 16.2. The summed E-state index contributed by atoms with van der Waals surface area (Å²) in [6.45, 7) is 3.47. The second-order valence-corrected chi connectivity index (χ2v) is 14.9. The van der Waals surface area contributed by atoms with Crippen LogP contribution in [0.1, 0.15) is 37.2 Å². The molecule has 5 amide bonds. The van der Waals surface area contributed by atoms with Crippen LogP contribution in [0.5, 0.6) is 0 Å². The molecule has 0 bridgehead atoms. The molecule has 0 radical (unpaired) electrons. The van der Waals surface area contributed by atoms with Gasteiger partial charge in [-0.2, -0.15) is 0 Å². The molecule has 7 N–H and O–H groups in total. The zero-order valence-corrected chi connectivity index (χ0v) is 34.5. The van der Waals surface area contributed by atoms with Gasteiger partial charge in [-0.3, -0.25) is 24.0 Å². The van der Waals surface area contributed by atoms with Crippen LogP contribution >= 0.6 is 0 Å². The highest BCUT2D eigenvalue weighted by Crippen LogP contribution is 2.20. The predicted octanol–water partition coefficient (Wildman–Crippen LogP) is 1.38. The van der Waals surface area contributed by atoms with Crippen molar-refractivity contribution >= 4 is 57.6 Å². The highest BCUT2D eigenvalue weighted by molar-refractivity contribution is 5.92. The molecule has 5 rings (SSSR count). The van der Waals surface area contributed by atoms with Crippen LogP contribution in [0.15, 0.2) is 73.3 Å². The number of aromatic amines is 3. The van der Waals surface area contributed by atoms with Crippen molar-refractivity contribution in [3.05, 3.63) is 90.3 Å². The Morgan fingerprint density at radius 1 is 0.733 bits per heavy atom. The summed E-state index contributed by atoms with van der Waals surface area (Å²) >= 11 is 0. The number of aldehydes is 1. The van der Waals surface area contributed by atoms with Crippen LogP contribution in [0.3, 0.4) is 0 Å². The molecule has 0 unspecified atom stereocenters. The molecule has 0 aliphatic rings. The number of hydrogen-bond acceptors (Lipinski definition) is 9. The zero-order chi connectivity index (χ0) is 42.9. The van der Waals surface area contributed by atoms with E-state index in [1.807, 2.05) is 60.9 Å². The van der Waals surface area contributed by atoms with Gasteiger partial charge < -0.3 is 55.7 Å². The van der Waals surface area contributed by atoms with Gasteiger partial charge in [0.25, 0.3) is 0 Å². The monoisotopic (exact) mass is 823 g/mol. The summed E-state index contributed by atoms with van der Waals surface area (Å²) in [5.41, 5.74) is 9.69. The molecular formula is C43H57N11O6. The van der Waals surface area contributed by atoms with Crippen molar-refractivity contribution in [2.24, 2.45) is 5.73 Å². The van der Waals surface area contributed by atoms with Crippen molar-refractivity contribution < 1.29 is 28.8 Å². The summed E-state index contributed by atoms with van der Waals surface area (Å²) < 4.78 is 0. The predicted molar refractivity (Wildman–Crippen MR) is 229 cm³/mol. The van der Waals surface area contributed by atoms with E-state index in [9.17, 15) is 28.8 Å². The van der Waals surface area contributed by atoms with Gasteiger partial charge in [-0.25, -0.2) is 4.98 Å². The van der Waals surface area contributed by atoms with Crippen LogP contribution in [0, 0.1) is 0 Å². The van der Waals surface area contributed by atoms with E-state index in [1.54, 1.807) is 26.2 Å². The molecule has 0 aliphatic carbocycles. The third kappa shape index (κ3) is 12.8. The smallest absolute Gasteiger partial charge is 0.242 e. The number of carbonyl (C=O) groups excluding carboxylic acids is 6. The molecule has 0 spiro atoms. The van der Waals surface area contributed by atoms with E-state index in [1.165, 1.54) is 19.6 Å². The number of nitrogens with two attached hydrogens (primary N) is 1. The highest BCUT2D eigenvalue weighted by Gasteiger charge is 2.26. The lowest BCUT2D eigenvalue weighted by Gasteiger charge is -2.29. The molecule has 17 nitrogen and oxygen atoms in total. The topological polar surface area (TPSA) is 226 Å². The maximum Gasteiger partial charge on any atom is 0.242 e. The lowest BCUT2D eigenvalue weighted by molar-refractivity contribution is -0.143. The third-order valence-corrected chi connectivity index (χ3v) is 10.4. The van der Waals surface area contributed by atoms with Crippen molar-refractivity contribution in [2.75, 3.05) is 72.0 Å². The molecule has 0 saturated heterocycles. The number of hydrogen-bond donors (Lipinski definition) is 6. The molecule has 0 aliphatic heterocycles. The fraction of sp³-hybridized carbons (Fsp3) is 0.419. The number of aromatic nitrogens is 4. The molecule has 3 aromatic heterocycles. The first-order valence-electron chi connectivity index (χ1n) is 20.4. The van der Waals surface area contributed by atoms with Crippen LogP contribution in [-0.2, 0) is 48.0 Å². The normalized spacial score (nSPS) is 11.2. The van der Waals surface area contributed by atoms with Gasteiger partial charge in [0.1, 0.15) is 12.1 Å². The Balaban J connectivity index is 1.23. The lowest BCUT2D eigenvalue weighted by atomic mass is 10.1. The Morgan fingerprint density at radius 2 is 1.32 bits per heavy atom. The van der Waals surface area contributed by atoms with Gasteiger partial charge >= 0.3 is 0 Å². The number of imidazole rings is 1. The maximum atomic E-state index is 13.9. The first-order chi connectivity index (χ1) is 29.1. The second kappa shape index (κ2) is 22.7. The summed E-state index contributed by atoms with van der Waals surface area (Å²) in [5.74, 6) is -1.41. The minimum Gasteiger partial charge on any atom is -0.361 e. The Bertz CT molecular complexity index is 2180. The quantitative estimate of drug-likeness (QED) is 0.0369. The third-order valence-electron chi connectivity index (χ3n) is 10.4. The van der Waals surface area contributed by atoms with E-state index in [0.717, 1.165) is 38.8 Å². The Morgan fingerprint density at radius 3 is 1.88 bits per heavy atom. The van der Waals surface area contributed by atoms with Crippen molar-refractivity contribution in [3.63, 3.8) is 0 Å². The zero-order valence-electron chi connectivity index (χ0n) is 34.5. The number of fused-ring (bicyclic) bond motifs is 2. The number of carbonyl (C=O) groups is 6. The number of benzene rings is 2. The van der Waals surface area contributed by atoms with Gasteiger partial charge in [0.05, 0.1) is 39.3 Å². The van der Waals surface area contributed by atoms with E-state index < -0.39 is 30.2 Å². The summed E-state index contributed by atoms with van der Waals surface area (Å²) in [7, 11) is 0. The first kappa shape index (κ1) is 44.8. The van der Waals surface area contributed by atoms with Gasteiger partial charge in [0, 0.05) is 85.2 Å². The molecule has 17 heteroatoms.